The van der Waals surface area contributed by atoms with Crippen LogP contribution in [0, 0.1) is 0 Å². The smallest absolute Gasteiger partial charge is 0.389 e. The summed E-state index contributed by atoms with van der Waals surface area (Å²) in [7, 11) is 0. The van der Waals surface area contributed by atoms with Gasteiger partial charge in [0.05, 0.1) is 6.26 Å². The van der Waals surface area contributed by atoms with Crippen molar-refractivity contribution >= 4 is 5.78 Å². The molecule has 0 atom stereocenters. The number of hydrogen-bond donors (Lipinski definition) is 0. The Hall–Kier alpha value is -1.26. The van der Waals surface area contributed by atoms with Crippen LogP contribution in [0.2, 0.25) is 0 Å². The summed E-state index contributed by atoms with van der Waals surface area (Å²) >= 11 is 0. The van der Waals surface area contributed by atoms with E-state index in [1.54, 1.807) is 12.1 Å². The summed E-state index contributed by atoms with van der Waals surface area (Å²) in [5.41, 5.74) is 0. The first-order valence-electron chi connectivity index (χ1n) is 5.08. The molecule has 0 spiro atoms. The molecule has 0 saturated carbocycles. The highest BCUT2D eigenvalue weighted by Crippen LogP contribution is 2.22. The number of rotatable bonds is 6. The predicted molar refractivity (Wildman–Crippen MR) is 51.9 cm³/mol. The summed E-state index contributed by atoms with van der Waals surface area (Å²) in [6.07, 6.45) is -2.99. The quantitative estimate of drug-likeness (QED) is 0.753. The van der Waals surface area contributed by atoms with Gasteiger partial charge in [0.2, 0.25) is 0 Å². The molecule has 0 radical (unpaired) electrons. The van der Waals surface area contributed by atoms with Gasteiger partial charge < -0.3 is 4.42 Å². The number of alkyl halides is 3. The minimum Gasteiger partial charge on any atom is -0.469 e. The van der Waals surface area contributed by atoms with E-state index >= 15 is 0 Å². The molecule has 1 aromatic rings. The second kappa shape index (κ2) is 5.72. The monoisotopic (exact) mass is 234 g/mol. The van der Waals surface area contributed by atoms with Crippen LogP contribution in [0.5, 0.6) is 0 Å². The van der Waals surface area contributed by atoms with Crippen molar-refractivity contribution in [3.63, 3.8) is 0 Å². The van der Waals surface area contributed by atoms with E-state index in [0.29, 0.717) is 12.2 Å². The highest BCUT2D eigenvalue weighted by Gasteiger charge is 2.26. The van der Waals surface area contributed by atoms with E-state index in [1.807, 2.05) is 0 Å². The average Bonchev–Trinajstić information content (AvgIpc) is 2.65. The topological polar surface area (TPSA) is 30.2 Å². The SMILES string of the molecule is O=C(CCCC(F)(F)F)CCc1ccco1. The average molecular weight is 234 g/mol. The summed E-state index contributed by atoms with van der Waals surface area (Å²) in [6.45, 7) is 0. The van der Waals surface area contributed by atoms with Crippen molar-refractivity contribution in [2.24, 2.45) is 0 Å². The zero-order valence-electron chi connectivity index (χ0n) is 8.72. The number of carbonyl (C=O) groups excluding carboxylic acids is 1. The fourth-order valence-corrected chi connectivity index (χ4v) is 1.33. The van der Waals surface area contributed by atoms with E-state index in [4.69, 9.17) is 4.42 Å². The minimum absolute atomic E-state index is 0.0137. The molecule has 1 heterocycles. The first-order chi connectivity index (χ1) is 7.47. The van der Waals surface area contributed by atoms with Crippen molar-refractivity contribution in [3.05, 3.63) is 24.2 Å². The fraction of sp³-hybridized carbons (Fsp3) is 0.545. The van der Waals surface area contributed by atoms with Crippen LogP contribution < -0.4 is 0 Å². The summed E-state index contributed by atoms with van der Waals surface area (Å²) in [5, 5.41) is 0. The Morgan fingerprint density at radius 2 is 2.06 bits per heavy atom. The van der Waals surface area contributed by atoms with Crippen LogP contribution in [-0.2, 0) is 11.2 Å². The molecule has 0 amide bonds. The Bertz CT molecular complexity index is 314. The summed E-state index contributed by atoms with van der Waals surface area (Å²) in [6, 6.07) is 3.45. The van der Waals surface area contributed by atoms with Gasteiger partial charge in [0.25, 0.3) is 0 Å². The molecule has 1 aromatic heterocycles. The van der Waals surface area contributed by atoms with Crippen molar-refractivity contribution in [2.45, 2.75) is 38.3 Å². The van der Waals surface area contributed by atoms with Crippen molar-refractivity contribution in [1.82, 2.24) is 0 Å². The molecule has 0 aliphatic heterocycles. The van der Waals surface area contributed by atoms with Crippen molar-refractivity contribution in [2.75, 3.05) is 0 Å². The molecule has 5 heteroatoms. The lowest BCUT2D eigenvalue weighted by Crippen LogP contribution is -2.08. The molecular formula is C11H13F3O2. The normalized spacial score (nSPS) is 11.7. The highest BCUT2D eigenvalue weighted by atomic mass is 19.4. The second-order valence-electron chi connectivity index (χ2n) is 3.59. The Morgan fingerprint density at radius 3 is 2.62 bits per heavy atom. The zero-order valence-corrected chi connectivity index (χ0v) is 8.72. The molecule has 1 rings (SSSR count). The molecular weight excluding hydrogens is 221 g/mol. The first-order valence-corrected chi connectivity index (χ1v) is 5.08. The lowest BCUT2D eigenvalue weighted by Gasteiger charge is -2.04. The molecule has 0 saturated heterocycles. The van der Waals surface area contributed by atoms with Crippen LogP contribution in [0.1, 0.15) is 31.4 Å². The molecule has 0 aliphatic carbocycles. The van der Waals surface area contributed by atoms with E-state index in [9.17, 15) is 18.0 Å². The number of hydrogen-bond acceptors (Lipinski definition) is 2. The third-order valence-corrected chi connectivity index (χ3v) is 2.15. The van der Waals surface area contributed by atoms with E-state index in [2.05, 4.69) is 0 Å². The van der Waals surface area contributed by atoms with E-state index in [0.717, 1.165) is 0 Å². The molecule has 16 heavy (non-hydrogen) atoms. The van der Waals surface area contributed by atoms with Gasteiger partial charge in [-0.2, -0.15) is 13.2 Å². The Balaban J connectivity index is 2.12. The van der Waals surface area contributed by atoms with Crippen LogP contribution in [0.25, 0.3) is 0 Å². The molecule has 0 aromatic carbocycles. The van der Waals surface area contributed by atoms with E-state index < -0.39 is 12.6 Å². The van der Waals surface area contributed by atoms with Gasteiger partial charge in [0.15, 0.2) is 0 Å². The number of carbonyl (C=O) groups is 1. The van der Waals surface area contributed by atoms with E-state index in [1.165, 1.54) is 6.26 Å². The Morgan fingerprint density at radius 1 is 1.31 bits per heavy atom. The fourth-order valence-electron chi connectivity index (χ4n) is 1.33. The zero-order chi connectivity index (χ0) is 12.0. The van der Waals surface area contributed by atoms with Crippen molar-refractivity contribution < 1.29 is 22.4 Å². The van der Waals surface area contributed by atoms with Gasteiger partial charge in [0, 0.05) is 25.7 Å². The van der Waals surface area contributed by atoms with Crippen molar-refractivity contribution in [3.8, 4) is 0 Å². The number of aryl methyl sites for hydroxylation is 1. The van der Waals surface area contributed by atoms with Crippen LogP contribution in [0.3, 0.4) is 0 Å². The lowest BCUT2D eigenvalue weighted by molar-refractivity contribution is -0.137. The third kappa shape index (κ3) is 5.58. The van der Waals surface area contributed by atoms with Crippen molar-refractivity contribution in [1.29, 1.82) is 0 Å². The highest BCUT2D eigenvalue weighted by molar-refractivity contribution is 5.78. The summed E-state index contributed by atoms with van der Waals surface area (Å²) in [5.74, 6) is 0.532. The summed E-state index contributed by atoms with van der Waals surface area (Å²) < 4.78 is 40.4. The minimum atomic E-state index is -4.17. The first kappa shape index (κ1) is 12.8. The van der Waals surface area contributed by atoms with Crippen LogP contribution >= 0.6 is 0 Å². The molecule has 2 nitrogen and oxygen atoms in total. The van der Waals surface area contributed by atoms with E-state index in [-0.39, 0.29) is 25.0 Å². The maximum atomic E-state index is 11.8. The Labute approximate surface area is 91.4 Å². The van der Waals surface area contributed by atoms with Gasteiger partial charge in [-0.25, -0.2) is 0 Å². The van der Waals surface area contributed by atoms with Gasteiger partial charge in [-0.1, -0.05) is 0 Å². The predicted octanol–water partition coefficient (Wildman–Crippen LogP) is 3.51. The third-order valence-electron chi connectivity index (χ3n) is 2.15. The maximum Gasteiger partial charge on any atom is 0.389 e. The summed E-state index contributed by atoms with van der Waals surface area (Å²) in [4.78, 5) is 11.2. The van der Waals surface area contributed by atoms with Gasteiger partial charge in [-0.3, -0.25) is 4.79 Å². The number of furan rings is 1. The largest absolute Gasteiger partial charge is 0.469 e. The van der Waals surface area contributed by atoms with Gasteiger partial charge in [0.1, 0.15) is 11.5 Å². The second-order valence-corrected chi connectivity index (χ2v) is 3.59. The maximum absolute atomic E-state index is 11.8. The van der Waals surface area contributed by atoms with Crippen LogP contribution in [0.15, 0.2) is 22.8 Å². The lowest BCUT2D eigenvalue weighted by atomic mass is 10.1. The molecule has 0 bridgehead atoms. The standard InChI is InChI=1S/C11H13F3O2/c12-11(13,14)7-1-3-9(15)5-6-10-4-2-8-16-10/h2,4,8H,1,3,5-7H2. The van der Waals surface area contributed by atoms with Gasteiger partial charge >= 0.3 is 6.18 Å². The molecule has 0 aliphatic rings. The molecule has 0 fully saturated rings. The van der Waals surface area contributed by atoms with Gasteiger partial charge in [-0.05, 0) is 18.6 Å². The van der Waals surface area contributed by atoms with Crippen LogP contribution in [-0.4, -0.2) is 12.0 Å². The number of halogens is 3. The van der Waals surface area contributed by atoms with Crippen LogP contribution in [0.4, 0.5) is 13.2 Å². The number of Topliss-reactive ketones (excluding diaryl/α,β-unsaturated/α-hetero) is 1. The molecule has 0 N–H and O–H groups in total. The Kier molecular flexibility index (Phi) is 4.58. The van der Waals surface area contributed by atoms with Gasteiger partial charge in [-0.15, -0.1) is 0 Å². The molecule has 90 valence electrons. The molecule has 0 unspecified atom stereocenters. The number of ketones is 1.